The van der Waals surface area contributed by atoms with E-state index in [4.69, 9.17) is 46.6 Å². The molecule has 3 aliphatic heterocycles. The predicted octanol–water partition coefficient (Wildman–Crippen LogP) is -2.17. The van der Waals surface area contributed by atoms with Crippen LogP contribution in [0.3, 0.4) is 0 Å². The van der Waals surface area contributed by atoms with Crippen LogP contribution in [0.25, 0.3) is 22.3 Å². The molecule has 7 heterocycles. The van der Waals surface area contributed by atoms with Crippen molar-refractivity contribution in [3.05, 3.63) is 29.3 Å². The van der Waals surface area contributed by atoms with Gasteiger partial charge in [0.2, 0.25) is 13.5 Å². The molecule has 45 heavy (non-hydrogen) atoms. The number of nitrogens with two attached hydrogens (primary N) is 2. The van der Waals surface area contributed by atoms with Gasteiger partial charge in [-0.25, -0.2) is 24.5 Å². The maximum atomic E-state index is 13.4. The highest BCUT2D eigenvalue weighted by atomic mass is 31.2. The predicted molar refractivity (Wildman–Crippen MR) is 147 cm³/mol. The van der Waals surface area contributed by atoms with E-state index in [9.17, 15) is 29.0 Å². The van der Waals surface area contributed by atoms with Crippen LogP contribution in [0, 0.1) is 0 Å². The van der Waals surface area contributed by atoms with E-state index in [1.165, 1.54) is 15.5 Å². The first-order chi connectivity index (χ1) is 21.3. The zero-order valence-corrected chi connectivity index (χ0v) is 24.3. The van der Waals surface area contributed by atoms with Crippen molar-refractivity contribution in [1.29, 1.82) is 0 Å². The Bertz CT molecular complexity index is 1940. The Morgan fingerprint density at radius 1 is 0.889 bits per heavy atom. The maximum absolute atomic E-state index is 13.4. The number of nitrogens with one attached hydrogen (secondary N) is 1. The Morgan fingerprint density at radius 2 is 1.58 bits per heavy atom. The summed E-state index contributed by atoms with van der Waals surface area (Å²) in [7, 11) is -3.75. The Morgan fingerprint density at radius 3 is 2.36 bits per heavy atom. The number of imidazole rings is 2. The summed E-state index contributed by atoms with van der Waals surface area (Å²) in [5, 5.41) is 22.2. The minimum Gasteiger partial charge on any atom is -0.387 e. The molecule has 3 aliphatic rings. The van der Waals surface area contributed by atoms with Crippen molar-refractivity contribution >= 4 is 57.0 Å². The van der Waals surface area contributed by atoms with Crippen molar-refractivity contribution in [3.63, 3.8) is 0 Å². The molecule has 0 saturated carbocycles. The molecular weight excluding hydrogens is 645 g/mol. The second-order valence-electron chi connectivity index (χ2n) is 10.2. The smallest absolute Gasteiger partial charge is 0.387 e. The number of aliphatic hydroxyl groups excluding tert-OH is 2. The van der Waals surface area contributed by atoms with E-state index in [2.05, 4.69) is 29.9 Å². The molecule has 238 valence electrons. The number of aromatic amines is 1. The molecule has 25 heteroatoms. The first-order valence-corrected chi connectivity index (χ1v) is 16.1. The fourth-order valence-electron chi connectivity index (χ4n) is 5.32. The van der Waals surface area contributed by atoms with Crippen LogP contribution in [0.2, 0.25) is 0 Å². The molecule has 0 spiro atoms. The van der Waals surface area contributed by atoms with Crippen LogP contribution in [0.4, 0.5) is 11.8 Å². The van der Waals surface area contributed by atoms with Crippen LogP contribution in [-0.4, -0.2) is 112 Å². The summed E-state index contributed by atoms with van der Waals surface area (Å²) in [4.78, 5) is 45.3. The molecule has 3 saturated heterocycles. The number of anilines is 2. The van der Waals surface area contributed by atoms with E-state index < -0.39 is 83.1 Å². The largest absolute Gasteiger partial charge is 0.472 e. The first-order valence-electron chi connectivity index (χ1n) is 13.0. The summed E-state index contributed by atoms with van der Waals surface area (Å²) in [6.07, 6.45) is -8.57. The van der Waals surface area contributed by atoms with Crippen LogP contribution in [0.1, 0.15) is 12.5 Å². The van der Waals surface area contributed by atoms with Gasteiger partial charge in [-0.15, -0.1) is 0 Å². The molecule has 8 N–H and O–H groups in total. The second-order valence-corrected chi connectivity index (χ2v) is 13.2. The lowest BCUT2D eigenvalue weighted by Gasteiger charge is -2.27. The summed E-state index contributed by atoms with van der Waals surface area (Å²) in [6, 6.07) is 0. The highest BCUT2D eigenvalue weighted by Crippen LogP contribution is 2.53. The molecule has 2 bridgehead atoms. The van der Waals surface area contributed by atoms with Crippen LogP contribution < -0.4 is 17.0 Å². The first kappa shape index (κ1) is 30.3. The minimum absolute atomic E-state index is 0.0509. The number of aliphatic hydroxyl groups is 2. The average Bonchev–Trinajstić information content (AvgIpc) is 3.72. The lowest BCUT2D eigenvalue weighted by molar-refractivity contribution is -0.0621. The fourth-order valence-corrected chi connectivity index (χ4v) is 7.27. The van der Waals surface area contributed by atoms with Crippen molar-refractivity contribution < 1.29 is 51.8 Å². The van der Waals surface area contributed by atoms with Gasteiger partial charge >= 0.3 is 7.82 Å². The quantitative estimate of drug-likeness (QED) is 0.0978. The molecule has 2 radical (unpaired) electrons. The average molecular weight is 668 g/mol. The van der Waals surface area contributed by atoms with Gasteiger partial charge < -0.3 is 45.1 Å². The van der Waals surface area contributed by atoms with Gasteiger partial charge in [0.05, 0.1) is 25.9 Å². The van der Waals surface area contributed by atoms with Gasteiger partial charge in [-0.3, -0.25) is 32.5 Å². The molecule has 10 atom stereocenters. The van der Waals surface area contributed by atoms with Gasteiger partial charge in [-0.1, -0.05) is 0 Å². The highest BCUT2D eigenvalue weighted by molar-refractivity contribution is 7.79. The maximum Gasteiger partial charge on any atom is 0.472 e. The van der Waals surface area contributed by atoms with Gasteiger partial charge in [-0.2, -0.15) is 4.98 Å². The molecule has 7 rings (SSSR count). The van der Waals surface area contributed by atoms with Crippen LogP contribution in [0.15, 0.2) is 23.8 Å². The zero-order valence-electron chi connectivity index (χ0n) is 22.5. The number of hydrogen-bond donors (Lipinski definition) is 6. The summed E-state index contributed by atoms with van der Waals surface area (Å²) in [6.45, 7) is -1.49. The number of fused-ring (bicyclic) bond motifs is 5. The van der Waals surface area contributed by atoms with Crippen molar-refractivity contribution in [1.82, 2.24) is 39.0 Å². The SMILES string of the molecule is [B]P1(=O)OC[C@H]2O[C@@H](n3cnc4c(N)ncnc43)[C@H](O)[C@@H]2OP(=O)(O)OC[C@H]2O[C@@H](n3cnc4c(=O)[nH]c(N)nc43)[C@H](O1)[C@@H]2O. The Labute approximate surface area is 251 Å². The van der Waals surface area contributed by atoms with Crippen molar-refractivity contribution in [2.75, 3.05) is 24.7 Å². The minimum atomic E-state index is -5.03. The van der Waals surface area contributed by atoms with E-state index in [0.29, 0.717) is 0 Å². The molecular formula is C20H23BN10O12P2. The van der Waals surface area contributed by atoms with E-state index in [0.717, 1.165) is 12.7 Å². The Hall–Kier alpha value is -3.34. The fraction of sp³-hybridized carbons (Fsp3) is 0.500. The highest BCUT2D eigenvalue weighted by Gasteiger charge is 2.53. The molecule has 0 aromatic carbocycles. The van der Waals surface area contributed by atoms with Gasteiger partial charge in [0.25, 0.3) is 13.0 Å². The van der Waals surface area contributed by atoms with Crippen molar-refractivity contribution in [2.24, 2.45) is 0 Å². The molecule has 3 fully saturated rings. The van der Waals surface area contributed by atoms with E-state index in [1.807, 2.05) is 0 Å². The van der Waals surface area contributed by atoms with E-state index in [-0.39, 0.29) is 34.1 Å². The Balaban J connectivity index is 1.21. The molecule has 2 unspecified atom stereocenters. The third-order valence-electron chi connectivity index (χ3n) is 7.35. The normalized spacial score (nSPS) is 37.7. The van der Waals surface area contributed by atoms with E-state index in [1.54, 1.807) is 0 Å². The lowest BCUT2D eigenvalue weighted by atomic mass is 10.1. The topological polar surface area (TPSA) is 309 Å². The number of aromatic nitrogens is 8. The van der Waals surface area contributed by atoms with Crippen LogP contribution in [-0.2, 0) is 36.7 Å². The molecule has 4 aromatic heterocycles. The van der Waals surface area contributed by atoms with Crippen LogP contribution in [0.5, 0.6) is 0 Å². The molecule has 4 aromatic rings. The number of H-pyrrole nitrogens is 1. The van der Waals surface area contributed by atoms with E-state index >= 15 is 0 Å². The van der Waals surface area contributed by atoms with Gasteiger partial charge in [0.1, 0.15) is 48.5 Å². The molecule has 0 aliphatic carbocycles. The number of phosphoric ester groups is 1. The van der Waals surface area contributed by atoms with Gasteiger partial charge in [-0.05, 0) is 0 Å². The number of phosphoric acid groups is 1. The zero-order chi connectivity index (χ0) is 31.8. The number of nitrogens with zero attached hydrogens (tertiary/aromatic N) is 7. The molecule has 0 amide bonds. The van der Waals surface area contributed by atoms with Crippen molar-refractivity contribution in [3.8, 4) is 0 Å². The van der Waals surface area contributed by atoms with Crippen LogP contribution >= 0.6 is 15.3 Å². The summed E-state index contributed by atoms with van der Waals surface area (Å²) in [5.74, 6) is -0.209. The van der Waals surface area contributed by atoms with Gasteiger partial charge in [0.15, 0.2) is 35.1 Å². The summed E-state index contributed by atoms with van der Waals surface area (Å²) < 4.78 is 62.0. The standard InChI is InChI=1S/C20H23BN10O12P2/c21-44(35)38-2-7-12(11(33)18(41-7)30-4-26-8-14(22)24-3-25-15(8)30)43-45(36,37)39-1-6-10(32)13(42-44)19(40-6)31-5-27-9-16(31)28-20(23)29-17(9)34/h3-7,10-13,18-19,32-33H,1-2H2,(H,36,37)(H2,22,24,25)(H3,23,28,29,34)/t6-,7-,10-,11-,12-,13-,18-,19-,44?/m1/s1. The third-order valence-corrected chi connectivity index (χ3v) is 9.38. The monoisotopic (exact) mass is 668 g/mol. The molecule has 22 nitrogen and oxygen atoms in total. The van der Waals surface area contributed by atoms with Gasteiger partial charge in [0, 0.05) is 0 Å². The number of ether oxygens (including phenoxy) is 2. The number of nitrogen functional groups attached to an aromatic ring is 2. The van der Waals surface area contributed by atoms with Crippen molar-refractivity contribution in [2.45, 2.75) is 49.1 Å². The Kier molecular flexibility index (Phi) is 7.34. The number of hydrogen-bond acceptors (Lipinski definition) is 18. The summed E-state index contributed by atoms with van der Waals surface area (Å²) >= 11 is 0. The summed E-state index contributed by atoms with van der Waals surface area (Å²) in [5.41, 5.74) is 11.0. The second kappa shape index (κ2) is 10.9. The third kappa shape index (κ3) is 5.34. The lowest BCUT2D eigenvalue weighted by Crippen LogP contribution is -2.36. The number of rotatable bonds is 2.